The number of allylic oxidation sites excluding steroid dienone is 4. The van der Waals surface area contributed by atoms with Crippen molar-refractivity contribution in [1.82, 2.24) is 0 Å². The van der Waals surface area contributed by atoms with Crippen LogP contribution in [0.15, 0.2) is 24.3 Å². The molecule has 0 N–H and O–H groups in total. The standard InChI is InChI=1S/C55H102O6/c1-4-7-10-13-16-19-22-25-26-27-28-29-30-31-34-37-40-43-46-49-55(58)61-52(50-59-53(56)47-44-41-38-35-32-23-20-17-14-11-8-5-2)51-60-54(57)48-45-42-39-36-33-24-21-18-15-12-9-6-3/h16,19,25-26,52H,4-15,17-18,20-24,27-51H2,1-3H3/b19-16-,26-25-. The number of unbranched alkanes of at least 4 members (excludes halogenated alkanes) is 34. The van der Waals surface area contributed by atoms with Crippen LogP contribution in [0.2, 0.25) is 0 Å². The Balaban J connectivity index is 4.31. The van der Waals surface area contributed by atoms with Crippen LogP contribution in [0.3, 0.4) is 0 Å². The van der Waals surface area contributed by atoms with Crippen LogP contribution in [0.5, 0.6) is 0 Å². The lowest BCUT2D eigenvalue weighted by Crippen LogP contribution is -2.30. The highest BCUT2D eigenvalue weighted by atomic mass is 16.6. The van der Waals surface area contributed by atoms with E-state index in [-0.39, 0.29) is 31.1 Å². The van der Waals surface area contributed by atoms with E-state index in [9.17, 15) is 14.4 Å². The van der Waals surface area contributed by atoms with E-state index in [4.69, 9.17) is 14.2 Å². The third-order valence-corrected chi connectivity index (χ3v) is 12.0. The minimum Gasteiger partial charge on any atom is -0.462 e. The van der Waals surface area contributed by atoms with Gasteiger partial charge in [-0.05, 0) is 51.4 Å². The molecule has 6 nitrogen and oxygen atoms in total. The largest absolute Gasteiger partial charge is 0.462 e. The summed E-state index contributed by atoms with van der Waals surface area (Å²) < 4.78 is 16.8. The van der Waals surface area contributed by atoms with Gasteiger partial charge in [-0.25, -0.2) is 0 Å². The summed E-state index contributed by atoms with van der Waals surface area (Å²) in [6, 6.07) is 0. The maximum Gasteiger partial charge on any atom is 0.306 e. The van der Waals surface area contributed by atoms with Crippen molar-refractivity contribution in [3.63, 3.8) is 0 Å². The first-order valence-corrected chi connectivity index (χ1v) is 26.8. The number of carbonyl (C=O) groups is 3. The summed E-state index contributed by atoms with van der Waals surface area (Å²) in [7, 11) is 0. The number of ether oxygens (including phenoxy) is 3. The van der Waals surface area contributed by atoms with Gasteiger partial charge in [-0.15, -0.1) is 0 Å². The summed E-state index contributed by atoms with van der Waals surface area (Å²) in [5.41, 5.74) is 0. The maximum atomic E-state index is 12.8. The molecule has 0 aromatic carbocycles. The minimum absolute atomic E-state index is 0.0679. The fourth-order valence-electron chi connectivity index (χ4n) is 7.89. The van der Waals surface area contributed by atoms with Crippen molar-refractivity contribution in [2.45, 2.75) is 297 Å². The fourth-order valence-corrected chi connectivity index (χ4v) is 7.89. The predicted octanol–water partition coefficient (Wildman–Crippen LogP) is 17.5. The lowest BCUT2D eigenvalue weighted by atomic mass is 10.0. The number of esters is 3. The van der Waals surface area contributed by atoms with Crippen LogP contribution in [-0.2, 0) is 28.6 Å². The molecule has 0 unspecified atom stereocenters. The summed E-state index contributed by atoms with van der Waals surface area (Å²) in [5.74, 6) is -0.857. The molecule has 0 aromatic heterocycles. The minimum atomic E-state index is -0.767. The lowest BCUT2D eigenvalue weighted by molar-refractivity contribution is -0.167. The molecular formula is C55H102O6. The molecule has 0 saturated heterocycles. The topological polar surface area (TPSA) is 78.9 Å². The molecule has 6 heteroatoms. The first-order valence-electron chi connectivity index (χ1n) is 26.8. The van der Waals surface area contributed by atoms with Crippen LogP contribution in [0.25, 0.3) is 0 Å². The molecule has 0 radical (unpaired) electrons. The third-order valence-electron chi connectivity index (χ3n) is 12.0. The van der Waals surface area contributed by atoms with Crippen LogP contribution < -0.4 is 0 Å². The Morgan fingerprint density at radius 3 is 0.934 bits per heavy atom. The van der Waals surface area contributed by atoms with Gasteiger partial charge in [0, 0.05) is 19.3 Å². The number of carbonyl (C=O) groups excluding carboxylic acids is 3. The van der Waals surface area contributed by atoms with Crippen LogP contribution in [0.4, 0.5) is 0 Å². The molecule has 0 bridgehead atoms. The van der Waals surface area contributed by atoms with Gasteiger partial charge in [0.25, 0.3) is 0 Å². The molecule has 358 valence electrons. The first kappa shape index (κ1) is 58.9. The van der Waals surface area contributed by atoms with E-state index >= 15 is 0 Å². The highest BCUT2D eigenvalue weighted by molar-refractivity contribution is 5.71. The Kier molecular flexibility index (Phi) is 48.8. The molecule has 0 aliphatic heterocycles. The predicted molar refractivity (Wildman–Crippen MR) is 261 cm³/mol. The van der Waals surface area contributed by atoms with E-state index in [1.54, 1.807) is 0 Å². The summed E-state index contributed by atoms with van der Waals surface area (Å²) in [5, 5.41) is 0. The van der Waals surface area contributed by atoms with Crippen molar-refractivity contribution in [2.24, 2.45) is 0 Å². The van der Waals surface area contributed by atoms with Crippen molar-refractivity contribution in [3.8, 4) is 0 Å². The molecule has 0 atom stereocenters. The van der Waals surface area contributed by atoms with Gasteiger partial charge in [-0.3, -0.25) is 14.4 Å². The van der Waals surface area contributed by atoms with Gasteiger partial charge in [-0.2, -0.15) is 0 Å². The number of rotatable bonds is 49. The average molecular weight is 859 g/mol. The number of hydrogen-bond donors (Lipinski definition) is 0. The smallest absolute Gasteiger partial charge is 0.306 e. The number of hydrogen-bond acceptors (Lipinski definition) is 6. The van der Waals surface area contributed by atoms with E-state index in [0.717, 1.165) is 64.2 Å². The fraction of sp³-hybridized carbons (Fsp3) is 0.873. The van der Waals surface area contributed by atoms with E-state index in [1.807, 2.05) is 0 Å². The molecule has 0 amide bonds. The quantitative estimate of drug-likeness (QED) is 0.0262. The lowest BCUT2D eigenvalue weighted by Gasteiger charge is -2.18. The van der Waals surface area contributed by atoms with Gasteiger partial charge < -0.3 is 14.2 Å². The summed E-state index contributed by atoms with van der Waals surface area (Å²) >= 11 is 0. The van der Waals surface area contributed by atoms with Gasteiger partial charge >= 0.3 is 17.9 Å². The Morgan fingerprint density at radius 2 is 0.590 bits per heavy atom. The Bertz CT molecular complexity index is 945. The van der Waals surface area contributed by atoms with Crippen molar-refractivity contribution in [2.75, 3.05) is 13.2 Å². The third kappa shape index (κ3) is 48.8. The van der Waals surface area contributed by atoms with Gasteiger partial charge in [0.15, 0.2) is 6.10 Å². The zero-order valence-corrected chi connectivity index (χ0v) is 40.9. The molecule has 0 saturated carbocycles. The average Bonchev–Trinajstić information content (AvgIpc) is 3.26. The van der Waals surface area contributed by atoms with Crippen molar-refractivity contribution < 1.29 is 28.6 Å². The van der Waals surface area contributed by atoms with Crippen LogP contribution in [0, 0.1) is 0 Å². The van der Waals surface area contributed by atoms with E-state index < -0.39 is 6.10 Å². The first-order chi connectivity index (χ1) is 30.0. The van der Waals surface area contributed by atoms with E-state index in [0.29, 0.717) is 19.3 Å². The maximum absolute atomic E-state index is 12.8. The molecule has 0 aromatic rings. The highest BCUT2D eigenvalue weighted by Gasteiger charge is 2.19. The second kappa shape index (κ2) is 50.5. The molecule has 0 rings (SSSR count). The van der Waals surface area contributed by atoms with E-state index in [1.165, 1.54) is 186 Å². The summed E-state index contributed by atoms with van der Waals surface area (Å²) in [6.07, 6.45) is 57.3. The van der Waals surface area contributed by atoms with Crippen molar-refractivity contribution in [3.05, 3.63) is 24.3 Å². The molecule has 0 aliphatic carbocycles. The van der Waals surface area contributed by atoms with Gasteiger partial charge in [0.1, 0.15) is 13.2 Å². The highest BCUT2D eigenvalue weighted by Crippen LogP contribution is 2.16. The van der Waals surface area contributed by atoms with Crippen molar-refractivity contribution in [1.29, 1.82) is 0 Å². The zero-order chi connectivity index (χ0) is 44.4. The van der Waals surface area contributed by atoms with Gasteiger partial charge in [0.2, 0.25) is 0 Å². The monoisotopic (exact) mass is 859 g/mol. The molecule has 0 fully saturated rings. The zero-order valence-electron chi connectivity index (χ0n) is 40.9. The molecule has 0 heterocycles. The van der Waals surface area contributed by atoms with Crippen LogP contribution >= 0.6 is 0 Å². The Morgan fingerprint density at radius 1 is 0.328 bits per heavy atom. The molecule has 0 aliphatic rings. The SMILES string of the molecule is CCCCC/C=C\C/C=C\CCCCCCCCCCCC(=O)OC(COC(=O)CCCCCCCCCCCCCC)COC(=O)CCCCCCCCCCCCCC. The normalized spacial score (nSPS) is 11.7. The second-order valence-electron chi connectivity index (χ2n) is 18.2. The molecule has 0 spiro atoms. The molecular weight excluding hydrogens is 757 g/mol. The molecule has 61 heavy (non-hydrogen) atoms. The summed E-state index contributed by atoms with van der Waals surface area (Å²) in [6.45, 7) is 6.64. The van der Waals surface area contributed by atoms with Gasteiger partial charge in [0.05, 0.1) is 0 Å². The Labute approximate surface area is 379 Å². The van der Waals surface area contributed by atoms with Crippen molar-refractivity contribution >= 4 is 17.9 Å². The van der Waals surface area contributed by atoms with Crippen LogP contribution in [0.1, 0.15) is 290 Å². The van der Waals surface area contributed by atoms with Gasteiger partial charge in [-0.1, -0.05) is 244 Å². The second-order valence-corrected chi connectivity index (χ2v) is 18.2. The summed E-state index contributed by atoms with van der Waals surface area (Å²) in [4.78, 5) is 38.0. The Hall–Kier alpha value is -2.11. The van der Waals surface area contributed by atoms with Crippen LogP contribution in [-0.4, -0.2) is 37.2 Å². The van der Waals surface area contributed by atoms with E-state index in [2.05, 4.69) is 45.1 Å².